The van der Waals surface area contributed by atoms with Crippen LogP contribution in [-0.4, -0.2) is 47.4 Å². The third-order valence-electron chi connectivity index (χ3n) is 6.73. The zero-order valence-electron chi connectivity index (χ0n) is 18.2. The number of fused-ring (bicyclic) bond motifs is 1. The number of benzene rings is 2. The number of hydrogen-bond donors (Lipinski definition) is 2. The molecule has 33 heavy (non-hydrogen) atoms. The Bertz CT molecular complexity index is 1280. The van der Waals surface area contributed by atoms with Crippen molar-refractivity contribution in [2.45, 2.75) is 6.54 Å². The highest BCUT2D eigenvalue weighted by Gasteiger charge is 2.37. The first kappa shape index (κ1) is 19.9. The molecular weight excluding hydrogens is 414 g/mol. The highest BCUT2D eigenvalue weighted by Crippen LogP contribution is 2.34. The van der Waals surface area contributed by atoms with Gasteiger partial charge in [0.15, 0.2) is 0 Å². The topological polar surface area (TPSA) is 83.1 Å². The molecule has 4 heterocycles. The van der Waals surface area contributed by atoms with E-state index in [1.165, 1.54) is 5.69 Å². The molecule has 2 aromatic heterocycles. The van der Waals surface area contributed by atoms with Gasteiger partial charge in [-0.3, -0.25) is 14.9 Å². The quantitative estimate of drug-likeness (QED) is 0.479. The van der Waals surface area contributed by atoms with Crippen LogP contribution in [0.3, 0.4) is 0 Å². The van der Waals surface area contributed by atoms with E-state index in [1.807, 2.05) is 36.4 Å². The molecule has 0 unspecified atom stereocenters. The van der Waals surface area contributed by atoms with Crippen LogP contribution in [-0.2, 0) is 11.3 Å². The van der Waals surface area contributed by atoms with Crippen LogP contribution in [0.5, 0.6) is 0 Å². The van der Waals surface area contributed by atoms with Gasteiger partial charge in [0.25, 0.3) is 5.91 Å². The number of pyridine rings is 1. The number of aromatic nitrogens is 3. The second-order valence-electron chi connectivity index (χ2n) is 8.85. The molecule has 0 aliphatic carbocycles. The molecule has 0 saturated carbocycles. The Morgan fingerprint density at radius 2 is 1.91 bits per heavy atom. The number of nitrogens with zero attached hydrogens (tertiary/aromatic N) is 3. The van der Waals surface area contributed by atoms with Gasteiger partial charge in [0.05, 0.1) is 36.7 Å². The number of carbonyl (C=O) groups is 1. The molecule has 2 aliphatic heterocycles. The third kappa shape index (κ3) is 3.85. The second-order valence-corrected chi connectivity index (χ2v) is 8.85. The second kappa shape index (κ2) is 8.33. The summed E-state index contributed by atoms with van der Waals surface area (Å²) in [4.78, 5) is 19.4. The van der Waals surface area contributed by atoms with Crippen molar-refractivity contribution >= 4 is 22.5 Å². The summed E-state index contributed by atoms with van der Waals surface area (Å²) in [6.45, 7) is 4.45. The molecule has 2 N–H and O–H groups in total. The Morgan fingerprint density at radius 3 is 2.64 bits per heavy atom. The van der Waals surface area contributed by atoms with Gasteiger partial charge in [0.2, 0.25) is 0 Å². The van der Waals surface area contributed by atoms with Crippen LogP contribution in [0.15, 0.2) is 66.9 Å². The Hall–Kier alpha value is -3.71. The van der Waals surface area contributed by atoms with Crippen molar-refractivity contribution in [3.63, 3.8) is 0 Å². The highest BCUT2D eigenvalue weighted by atomic mass is 16.5. The normalized spacial score (nSPS) is 16.4. The van der Waals surface area contributed by atoms with Crippen molar-refractivity contribution in [2.24, 2.45) is 11.8 Å². The Labute approximate surface area is 191 Å². The van der Waals surface area contributed by atoms with E-state index in [9.17, 15) is 4.79 Å². The first-order valence-corrected chi connectivity index (χ1v) is 11.3. The average Bonchev–Trinajstić information content (AvgIpc) is 3.22. The summed E-state index contributed by atoms with van der Waals surface area (Å²) in [6, 6.07) is 19.8. The molecule has 1 amide bonds. The average molecular weight is 440 g/mol. The molecule has 4 aromatic rings. The number of hydrogen-bond acceptors (Lipinski definition) is 5. The van der Waals surface area contributed by atoms with E-state index in [0.29, 0.717) is 12.1 Å². The predicted molar refractivity (Wildman–Crippen MR) is 127 cm³/mol. The number of rotatable bonds is 6. The van der Waals surface area contributed by atoms with Gasteiger partial charge in [-0.25, -0.2) is 0 Å². The van der Waals surface area contributed by atoms with Crippen LogP contribution in [0.2, 0.25) is 0 Å². The summed E-state index contributed by atoms with van der Waals surface area (Å²) in [5.74, 6) is 1.37. The minimum absolute atomic E-state index is 0.130. The van der Waals surface area contributed by atoms with Crippen molar-refractivity contribution in [1.29, 1.82) is 0 Å². The molecule has 6 rings (SSSR count). The summed E-state index contributed by atoms with van der Waals surface area (Å²) in [6.07, 6.45) is 1.72. The van der Waals surface area contributed by atoms with Crippen LogP contribution in [0.4, 0.5) is 5.69 Å². The van der Waals surface area contributed by atoms with Gasteiger partial charge in [-0.15, -0.1) is 0 Å². The lowest BCUT2D eigenvalue weighted by Crippen LogP contribution is -2.54. The zero-order valence-corrected chi connectivity index (χ0v) is 18.2. The Balaban J connectivity index is 1.17. The molecular formula is C26H25N5O2. The molecule has 2 saturated heterocycles. The summed E-state index contributed by atoms with van der Waals surface area (Å²) in [5.41, 5.74) is 5.45. The Kier molecular flexibility index (Phi) is 5.03. The molecule has 166 valence electrons. The summed E-state index contributed by atoms with van der Waals surface area (Å²) in [7, 11) is 0. The maximum Gasteiger partial charge on any atom is 0.251 e. The van der Waals surface area contributed by atoms with Gasteiger partial charge < -0.3 is 15.0 Å². The number of ether oxygens (including phenoxy) is 1. The van der Waals surface area contributed by atoms with Crippen LogP contribution >= 0.6 is 0 Å². The predicted octanol–water partition coefficient (Wildman–Crippen LogP) is 3.64. The van der Waals surface area contributed by atoms with Crippen molar-refractivity contribution < 1.29 is 9.53 Å². The monoisotopic (exact) mass is 439 g/mol. The number of H-pyrrole nitrogens is 1. The van der Waals surface area contributed by atoms with Gasteiger partial charge in [-0.1, -0.05) is 18.2 Å². The van der Waals surface area contributed by atoms with E-state index in [-0.39, 0.29) is 5.91 Å². The van der Waals surface area contributed by atoms with E-state index in [4.69, 9.17) is 4.74 Å². The minimum atomic E-state index is -0.130. The van der Waals surface area contributed by atoms with Crippen LogP contribution in [0.1, 0.15) is 16.1 Å². The standard InChI is InChI=1S/C26H25N5O2/c32-26(28-12-21-3-1-2-10-27-21)18-6-9-24-23(11-18)25(30-29-24)17-4-7-22(8-5-17)31-13-19(14-31)20-15-33-16-20/h1-11,19-20H,12-16H2,(H,28,32)(H,29,30). The fourth-order valence-corrected chi connectivity index (χ4v) is 4.53. The van der Waals surface area contributed by atoms with Gasteiger partial charge in [-0.2, -0.15) is 5.10 Å². The van der Waals surface area contributed by atoms with Gasteiger partial charge in [0.1, 0.15) is 0 Å². The van der Waals surface area contributed by atoms with E-state index in [1.54, 1.807) is 6.20 Å². The van der Waals surface area contributed by atoms with Crippen LogP contribution in [0.25, 0.3) is 22.2 Å². The molecule has 0 bridgehead atoms. The molecule has 2 aromatic carbocycles. The number of anilines is 1. The maximum atomic E-state index is 12.7. The number of nitrogens with one attached hydrogen (secondary N) is 2. The summed E-state index contributed by atoms with van der Waals surface area (Å²) in [5, 5.41) is 11.5. The fourth-order valence-electron chi connectivity index (χ4n) is 4.53. The van der Waals surface area contributed by atoms with Crippen molar-refractivity contribution in [1.82, 2.24) is 20.5 Å². The summed E-state index contributed by atoms with van der Waals surface area (Å²) < 4.78 is 5.33. The van der Waals surface area contributed by atoms with Gasteiger partial charge in [0, 0.05) is 53.3 Å². The molecule has 2 aliphatic rings. The largest absolute Gasteiger partial charge is 0.381 e. The maximum absolute atomic E-state index is 12.7. The molecule has 7 heteroatoms. The van der Waals surface area contributed by atoms with Crippen molar-refractivity contribution in [3.05, 3.63) is 78.1 Å². The SMILES string of the molecule is O=C(NCc1ccccn1)c1ccc2[nH]nc(-c3ccc(N4CC(C5COC5)C4)cc3)c2c1. The molecule has 2 fully saturated rings. The van der Waals surface area contributed by atoms with E-state index < -0.39 is 0 Å². The van der Waals surface area contributed by atoms with E-state index in [0.717, 1.165) is 66.0 Å². The first-order valence-electron chi connectivity index (χ1n) is 11.3. The van der Waals surface area contributed by atoms with Crippen LogP contribution in [0, 0.1) is 11.8 Å². The molecule has 7 nitrogen and oxygen atoms in total. The van der Waals surface area contributed by atoms with E-state index >= 15 is 0 Å². The van der Waals surface area contributed by atoms with Crippen molar-refractivity contribution in [2.75, 3.05) is 31.2 Å². The van der Waals surface area contributed by atoms with Crippen molar-refractivity contribution in [3.8, 4) is 11.3 Å². The van der Waals surface area contributed by atoms with Gasteiger partial charge in [-0.05, 0) is 42.5 Å². The minimum Gasteiger partial charge on any atom is -0.381 e. The van der Waals surface area contributed by atoms with E-state index in [2.05, 4.69) is 49.7 Å². The molecule has 0 atom stereocenters. The number of amides is 1. The first-order chi connectivity index (χ1) is 16.2. The van der Waals surface area contributed by atoms with Crippen LogP contribution < -0.4 is 10.2 Å². The third-order valence-corrected chi connectivity index (χ3v) is 6.73. The summed E-state index contributed by atoms with van der Waals surface area (Å²) >= 11 is 0. The molecule has 0 radical (unpaired) electrons. The zero-order chi connectivity index (χ0) is 22.2. The Morgan fingerprint density at radius 1 is 1.06 bits per heavy atom. The smallest absolute Gasteiger partial charge is 0.251 e. The van der Waals surface area contributed by atoms with Gasteiger partial charge >= 0.3 is 0 Å². The molecule has 0 spiro atoms. The lowest BCUT2D eigenvalue weighted by molar-refractivity contribution is -0.0659. The fraction of sp³-hybridized carbons (Fsp3) is 0.269. The lowest BCUT2D eigenvalue weighted by atomic mass is 9.84. The lowest BCUT2D eigenvalue weighted by Gasteiger charge is -2.47. The highest BCUT2D eigenvalue weighted by molar-refractivity contribution is 6.01. The number of carbonyl (C=O) groups excluding carboxylic acids is 1. The number of aromatic amines is 1.